The van der Waals surface area contributed by atoms with E-state index in [2.05, 4.69) is 6.58 Å². The van der Waals surface area contributed by atoms with Crippen LogP contribution in [0.5, 0.6) is 0 Å². The van der Waals surface area contributed by atoms with E-state index in [0.717, 1.165) is 6.07 Å². The molecule has 0 aromatic heterocycles. The Morgan fingerprint density at radius 3 is 2.36 bits per heavy atom. The van der Waals surface area contributed by atoms with Crippen molar-refractivity contribution in [1.82, 2.24) is 0 Å². The molecule has 0 fully saturated rings. The molecular formula is C9H9ClF3N. The lowest BCUT2D eigenvalue weighted by atomic mass is 10.1. The molecule has 1 rings (SSSR count). The van der Waals surface area contributed by atoms with Crippen molar-refractivity contribution >= 4 is 12.4 Å². The van der Waals surface area contributed by atoms with Crippen LogP contribution >= 0.6 is 12.4 Å². The van der Waals surface area contributed by atoms with Gasteiger partial charge in [-0.25, -0.2) is 13.2 Å². The highest BCUT2D eigenvalue weighted by Gasteiger charge is 2.14. The summed E-state index contributed by atoms with van der Waals surface area (Å²) in [5.74, 6) is -3.23. The van der Waals surface area contributed by atoms with E-state index in [4.69, 9.17) is 5.73 Å². The van der Waals surface area contributed by atoms with Crippen molar-refractivity contribution in [3.8, 4) is 0 Å². The van der Waals surface area contributed by atoms with E-state index in [-0.39, 0.29) is 18.0 Å². The molecule has 14 heavy (non-hydrogen) atoms. The highest BCUT2D eigenvalue weighted by Crippen LogP contribution is 2.19. The predicted octanol–water partition coefficient (Wildman–Crippen LogP) is 2.71. The third-order valence-electron chi connectivity index (χ3n) is 1.63. The fourth-order valence-corrected chi connectivity index (χ4v) is 0.945. The van der Waals surface area contributed by atoms with Gasteiger partial charge in [-0.1, -0.05) is 6.08 Å². The maximum absolute atomic E-state index is 12.9. The second kappa shape index (κ2) is 5.02. The minimum atomic E-state index is -1.24. The molecule has 1 nitrogen and oxygen atoms in total. The van der Waals surface area contributed by atoms with Crippen LogP contribution in [0.15, 0.2) is 24.8 Å². The van der Waals surface area contributed by atoms with Gasteiger partial charge in [0.2, 0.25) is 0 Å². The maximum Gasteiger partial charge on any atom is 0.164 e. The average molecular weight is 224 g/mol. The van der Waals surface area contributed by atoms with Crippen LogP contribution in [-0.4, -0.2) is 0 Å². The fourth-order valence-electron chi connectivity index (χ4n) is 0.945. The number of hydrogen-bond donors (Lipinski definition) is 1. The molecule has 0 spiro atoms. The summed E-state index contributed by atoms with van der Waals surface area (Å²) < 4.78 is 38.2. The summed E-state index contributed by atoms with van der Waals surface area (Å²) in [6.45, 7) is 3.30. The first-order valence-corrected chi connectivity index (χ1v) is 3.59. The quantitative estimate of drug-likeness (QED) is 0.606. The van der Waals surface area contributed by atoms with E-state index >= 15 is 0 Å². The molecule has 0 heterocycles. The Labute approximate surface area is 85.8 Å². The van der Waals surface area contributed by atoms with E-state index in [9.17, 15) is 13.2 Å². The van der Waals surface area contributed by atoms with Crippen molar-refractivity contribution in [2.24, 2.45) is 5.73 Å². The maximum atomic E-state index is 12.9. The number of halogens is 4. The summed E-state index contributed by atoms with van der Waals surface area (Å²) in [6, 6.07) is 0.421. The molecule has 0 saturated heterocycles. The monoisotopic (exact) mass is 223 g/mol. The van der Waals surface area contributed by atoms with E-state index < -0.39 is 23.5 Å². The van der Waals surface area contributed by atoms with Crippen molar-refractivity contribution < 1.29 is 13.2 Å². The van der Waals surface area contributed by atoms with Crippen LogP contribution in [0.2, 0.25) is 0 Å². The molecule has 0 aliphatic carbocycles. The molecule has 0 unspecified atom stereocenters. The van der Waals surface area contributed by atoms with Crippen molar-refractivity contribution in [1.29, 1.82) is 0 Å². The van der Waals surface area contributed by atoms with Gasteiger partial charge in [-0.3, -0.25) is 0 Å². The number of nitrogens with two attached hydrogens (primary N) is 1. The zero-order valence-corrected chi connectivity index (χ0v) is 7.95. The van der Waals surface area contributed by atoms with E-state index in [1.165, 1.54) is 6.08 Å². The zero-order chi connectivity index (χ0) is 10.0. The molecule has 0 saturated carbocycles. The van der Waals surface area contributed by atoms with Gasteiger partial charge >= 0.3 is 0 Å². The minimum absolute atomic E-state index is 0. The largest absolute Gasteiger partial charge is 0.321 e. The van der Waals surface area contributed by atoms with Crippen LogP contribution in [0.3, 0.4) is 0 Å². The molecule has 5 heteroatoms. The Kier molecular flexibility index (Phi) is 4.67. The van der Waals surface area contributed by atoms with Crippen molar-refractivity contribution in [3.63, 3.8) is 0 Å². The first-order valence-electron chi connectivity index (χ1n) is 3.59. The van der Waals surface area contributed by atoms with Crippen LogP contribution in [0, 0.1) is 17.5 Å². The van der Waals surface area contributed by atoms with Crippen molar-refractivity contribution in [2.45, 2.75) is 6.04 Å². The average Bonchev–Trinajstić information content (AvgIpc) is 2.10. The van der Waals surface area contributed by atoms with Gasteiger partial charge in [-0.15, -0.1) is 19.0 Å². The first kappa shape index (κ1) is 13.0. The second-order valence-electron chi connectivity index (χ2n) is 2.55. The topological polar surface area (TPSA) is 26.0 Å². The Morgan fingerprint density at radius 1 is 1.29 bits per heavy atom. The molecule has 78 valence electrons. The summed E-state index contributed by atoms with van der Waals surface area (Å²) in [4.78, 5) is 0. The molecule has 0 bridgehead atoms. The van der Waals surface area contributed by atoms with Gasteiger partial charge in [0.15, 0.2) is 11.6 Å². The minimum Gasteiger partial charge on any atom is -0.321 e. The van der Waals surface area contributed by atoms with Crippen molar-refractivity contribution in [2.75, 3.05) is 0 Å². The van der Waals surface area contributed by atoms with Gasteiger partial charge in [-0.05, 0) is 6.07 Å². The molecule has 1 atom stereocenters. The summed E-state index contributed by atoms with van der Waals surface area (Å²) in [5, 5.41) is 0. The Hall–Kier alpha value is -1.00. The number of hydrogen-bond acceptors (Lipinski definition) is 1. The number of rotatable bonds is 2. The molecule has 2 N–H and O–H groups in total. The molecule has 1 aromatic rings. The molecule has 0 aliphatic rings. The first-order chi connectivity index (χ1) is 6.06. The Balaban J connectivity index is 0.00000169. The number of benzene rings is 1. The van der Waals surface area contributed by atoms with Crippen LogP contribution in [0.4, 0.5) is 13.2 Å². The molecule has 0 radical (unpaired) electrons. The predicted molar refractivity (Wildman–Crippen MR) is 50.7 cm³/mol. The third-order valence-corrected chi connectivity index (χ3v) is 1.63. The van der Waals surface area contributed by atoms with Gasteiger partial charge in [0.25, 0.3) is 0 Å². The summed E-state index contributed by atoms with van der Waals surface area (Å²) in [6.07, 6.45) is 1.21. The highest BCUT2D eigenvalue weighted by molar-refractivity contribution is 5.85. The molecule has 0 amide bonds. The van der Waals surface area contributed by atoms with Gasteiger partial charge in [-0.2, -0.15) is 0 Å². The third kappa shape index (κ3) is 2.49. The van der Waals surface area contributed by atoms with E-state index in [1.54, 1.807) is 0 Å². The summed E-state index contributed by atoms with van der Waals surface area (Å²) in [5.41, 5.74) is 5.11. The lowest BCUT2D eigenvalue weighted by molar-refractivity contribution is 0.481. The van der Waals surface area contributed by atoms with Crippen LogP contribution < -0.4 is 5.73 Å². The van der Waals surface area contributed by atoms with Crippen LogP contribution in [0.1, 0.15) is 11.6 Å². The van der Waals surface area contributed by atoms with Gasteiger partial charge in [0.05, 0.1) is 6.04 Å². The van der Waals surface area contributed by atoms with Crippen molar-refractivity contribution in [3.05, 3.63) is 47.8 Å². The summed E-state index contributed by atoms with van der Waals surface area (Å²) in [7, 11) is 0. The second-order valence-corrected chi connectivity index (χ2v) is 2.55. The lowest BCUT2D eigenvalue weighted by Gasteiger charge is -2.08. The zero-order valence-electron chi connectivity index (χ0n) is 7.14. The normalized spacial score (nSPS) is 11.7. The molecule has 0 aliphatic heterocycles. The Bertz CT molecular complexity index is 341. The SMILES string of the molecule is C=C[C@H](N)c1cc(F)cc(F)c1F.Cl. The fraction of sp³-hybridized carbons (Fsp3) is 0.111. The van der Waals surface area contributed by atoms with Gasteiger partial charge in [0, 0.05) is 11.6 Å². The highest BCUT2D eigenvalue weighted by atomic mass is 35.5. The van der Waals surface area contributed by atoms with Crippen LogP contribution in [-0.2, 0) is 0 Å². The molecule has 1 aromatic carbocycles. The standard InChI is InChI=1S/C9H8F3N.ClH/c1-2-8(13)6-3-5(10)4-7(11)9(6)12;/h2-4,8H,1,13H2;1H/t8-;/m0./s1. The van der Waals surface area contributed by atoms with E-state index in [0.29, 0.717) is 6.07 Å². The summed E-state index contributed by atoms with van der Waals surface area (Å²) >= 11 is 0. The van der Waals surface area contributed by atoms with Gasteiger partial charge in [0.1, 0.15) is 5.82 Å². The smallest absolute Gasteiger partial charge is 0.164 e. The lowest BCUT2D eigenvalue weighted by Crippen LogP contribution is -2.10. The molecular weight excluding hydrogens is 215 g/mol. The van der Waals surface area contributed by atoms with E-state index in [1.807, 2.05) is 0 Å². The van der Waals surface area contributed by atoms with Gasteiger partial charge < -0.3 is 5.73 Å². The Morgan fingerprint density at radius 2 is 1.86 bits per heavy atom. The van der Waals surface area contributed by atoms with Crippen LogP contribution in [0.25, 0.3) is 0 Å².